The molecule has 0 spiro atoms. The molecule has 7 nitrogen and oxygen atoms in total. The molecule has 0 aromatic heterocycles. The Morgan fingerprint density at radius 2 is 1.70 bits per heavy atom. The van der Waals surface area contributed by atoms with Crippen LogP contribution in [0.3, 0.4) is 0 Å². The number of carbonyl (C=O) groups is 2. The lowest BCUT2D eigenvalue weighted by Gasteiger charge is -2.25. The van der Waals surface area contributed by atoms with Crippen LogP contribution in [0.1, 0.15) is 27.2 Å². The fourth-order valence-electron chi connectivity index (χ4n) is 1.85. The van der Waals surface area contributed by atoms with Crippen molar-refractivity contribution in [2.45, 2.75) is 33.2 Å². The van der Waals surface area contributed by atoms with Crippen LogP contribution in [0.5, 0.6) is 0 Å². The number of rotatable bonds is 10. The summed E-state index contributed by atoms with van der Waals surface area (Å²) < 4.78 is 0. The first-order valence-electron chi connectivity index (χ1n) is 7.11. The zero-order valence-corrected chi connectivity index (χ0v) is 12.6. The van der Waals surface area contributed by atoms with E-state index < -0.39 is 24.6 Å². The highest BCUT2D eigenvalue weighted by Gasteiger charge is 2.21. The molecular formula is C13H27N3O4. The SMILES string of the molecule is CCN(CC)CCCN(CC)C(=O)N[C@H](CO)C(=O)O. The van der Waals surface area contributed by atoms with Gasteiger partial charge >= 0.3 is 12.0 Å². The van der Waals surface area contributed by atoms with Gasteiger partial charge in [-0.25, -0.2) is 9.59 Å². The number of carboxylic acid groups (broad SMARTS) is 1. The zero-order chi connectivity index (χ0) is 15.5. The Balaban J connectivity index is 4.24. The maximum absolute atomic E-state index is 11.9. The number of aliphatic hydroxyl groups excluding tert-OH is 1. The number of carboxylic acids is 1. The molecule has 0 aromatic rings. The zero-order valence-electron chi connectivity index (χ0n) is 12.6. The predicted molar refractivity (Wildman–Crippen MR) is 76.7 cm³/mol. The molecule has 0 unspecified atom stereocenters. The molecule has 0 aromatic carbocycles. The third kappa shape index (κ3) is 6.72. The number of hydrogen-bond donors (Lipinski definition) is 3. The average molecular weight is 289 g/mol. The molecule has 0 saturated carbocycles. The molecular weight excluding hydrogens is 262 g/mol. The Hall–Kier alpha value is -1.34. The first kappa shape index (κ1) is 18.7. The largest absolute Gasteiger partial charge is 0.480 e. The molecule has 0 heterocycles. The van der Waals surface area contributed by atoms with Crippen LogP contribution >= 0.6 is 0 Å². The van der Waals surface area contributed by atoms with E-state index in [4.69, 9.17) is 10.2 Å². The van der Waals surface area contributed by atoms with Crippen LogP contribution in [0.2, 0.25) is 0 Å². The lowest BCUT2D eigenvalue weighted by Crippen LogP contribution is -2.50. The smallest absolute Gasteiger partial charge is 0.328 e. The molecule has 7 heteroatoms. The number of urea groups is 1. The standard InChI is InChI=1S/C13H27N3O4/c1-4-15(5-2)8-7-9-16(6-3)13(20)14-11(10-17)12(18)19/h11,17H,4-10H2,1-3H3,(H,14,20)(H,18,19)/t11-/m1/s1. The van der Waals surface area contributed by atoms with E-state index in [0.29, 0.717) is 13.1 Å². The van der Waals surface area contributed by atoms with Gasteiger partial charge in [0.25, 0.3) is 0 Å². The number of carbonyl (C=O) groups excluding carboxylic acids is 1. The van der Waals surface area contributed by atoms with Gasteiger partial charge in [-0.1, -0.05) is 13.8 Å². The minimum atomic E-state index is -1.25. The number of nitrogens with zero attached hydrogens (tertiary/aromatic N) is 2. The molecule has 0 aliphatic heterocycles. The van der Waals surface area contributed by atoms with Gasteiger partial charge in [-0.3, -0.25) is 0 Å². The van der Waals surface area contributed by atoms with Gasteiger partial charge in [0.15, 0.2) is 6.04 Å². The maximum atomic E-state index is 11.9. The van der Waals surface area contributed by atoms with Crippen molar-refractivity contribution in [2.75, 3.05) is 39.3 Å². The van der Waals surface area contributed by atoms with Crippen molar-refractivity contribution in [2.24, 2.45) is 0 Å². The summed E-state index contributed by atoms with van der Waals surface area (Å²) in [4.78, 5) is 26.5. The van der Waals surface area contributed by atoms with Crippen molar-refractivity contribution in [1.82, 2.24) is 15.1 Å². The minimum absolute atomic E-state index is 0.450. The van der Waals surface area contributed by atoms with Gasteiger partial charge in [0.05, 0.1) is 6.61 Å². The lowest BCUT2D eigenvalue weighted by atomic mass is 10.3. The first-order chi connectivity index (χ1) is 9.49. The van der Waals surface area contributed by atoms with Crippen LogP contribution in [0, 0.1) is 0 Å². The fraction of sp³-hybridized carbons (Fsp3) is 0.846. The summed E-state index contributed by atoms with van der Waals surface area (Å²) in [6, 6.07) is -1.70. The molecule has 3 N–H and O–H groups in total. The van der Waals surface area contributed by atoms with Crippen molar-refractivity contribution in [1.29, 1.82) is 0 Å². The highest BCUT2D eigenvalue weighted by Crippen LogP contribution is 1.97. The maximum Gasteiger partial charge on any atom is 0.328 e. The molecule has 0 aliphatic rings. The Labute approximate surface area is 120 Å². The summed E-state index contributed by atoms with van der Waals surface area (Å²) in [5.74, 6) is -1.24. The molecule has 0 radical (unpaired) electrons. The lowest BCUT2D eigenvalue weighted by molar-refractivity contribution is -0.140. The Bertz CT molecular complexity index is 295. The second kappa shape index (κ2) is 10.4. The van der Waals surface area contributed by atoms with Gasteiger partial charge in [0.1, 0.15) is 0 Å². The van der Waals surface area contributed by atoms with E-state index in [9.17, 15) is 9.59 Å². The van der Waals surface area contributed by atoms with E-state index in [1.165, 1.54) is 0 Å². The summed E-state index contributed by atoms with van der Waals surface area (Å²) >= 11 is 0. The average Bonchev–Trinajstić information content (AvgIpc) is 2.44. The predicted octanol–water partition coefficient (Wildman–Crippen LogP) is 0.195. The van der Waals surface area contributed by atoms with Crippen LogP contribution in [0.15, 0.2) is 0 Å². The number of hydrogen-bond acceptors (Lipinski definition) is 4. The van der Waals surface area contributed by atoms with Gasteiger partial charge in [-0.15, -0.1) is 0 Å². The number of aliphatic hydroxyl groups is 1. The number of amides is 2. The minimum Gasteiger partial charge on any atom is -0.480 e. The summed E-state index contributed by atoms with van der Waals surface area (Å²) in [7, 11) is 0. The van der Waals surface area contributed by atoms with Crippen LogP contribution in [-0.2, 0) is 4.79 Å². The molecule has 0 rings (SSSR count). The van der Waals surface area contributed by atoms with E-state index >= 15 is 0 Å². The Kier molecular flexibility index (Phi) is 9.75. The highest BCUT2D eigenvalue weighted by molar-refractivity contribution is 5.82. The van der Waals surface area contributed by atoms with Gasteiger partial charge in [-0.05, 0) is 33.0 Å². The second-order valence-electron chi connectivity index (χ2n) is 4.48. The van der Waals surface area contributed by atoms with Crippen molar-refractivity contribution < 1.29 is 19.8 Å². The molecule has 0 fully saturated rings. The number of nitrogens with one attached hydrogen (secondary N) is 1. The normalized spacial score (nSPS) is 12.2. The molecule has 2 amide bonds. The molecule has 0 bridgehead atoms. The van der Waals surface area contributed by atoms with Crippen LogP contribution < -0.4 is 5.32 Å². The topological polar surface area (TPSA) is 93.1 Å². The molecule has 118 valence electrons. The second-order valence-corrected chi connectivity index (χ2v) is 4.48. The highest BCUT2D eigenvalue weighted by atomic mass is 16.4. The van der Waals surface area contributed by atoms with E-state index in [1.54, 1.807) is 4.90 Å². The molecule has 0 aliphatic carbocycles. The van der Waals surface area contributed by atoms with Crippen LogP contribution in [0.25, 0.3) is 0 Å². The summed E-state index contributed by atoms with van der Waals surface area (Å²) in [5.41, 5.74) is 0. The van der Waals surface area contributed by atoms with E-state index in [-0.39, 0.29) is 0 Å². The monoisotopic (exact) mass is 289 g/mol. The van der Waals surface area contributed by atoms with E-state index in [0.717, 1.165) is 26.1 Å². The summed E-state index contributed by atoms with van der Waals surface area (Å²) in [6.45, 7) is 9.32. The third-order valence-electron chi connectivity index (χ3n) is 3.24. The molecule has 1 atom stereocenters. The van der Waals surface area contributed by atoms with Gasteiger partial charge < -0.3 is 25.3 Å². The van der Waals surface area contributed by atoms with Crippen molar-refractivity contribution in [3.05, 3.63) is 0 Å². The van der Waals surface area contributed by atoms with Crippen molar-refractivity contribution in [3.8, 4) is 0 Å². The van der Waals surface area contributed by atoms with Gasteiger partial charge in [0.2, 0.25) is 0 Å². The van der Waals surface area contributed by atoms with Gasteiger partial charge in [0, 0.05) is 13.1 Å². The quantitative estimate of drug-likeness (QED) is 0.534. The Morgan fingerprint density at radius 1 is 1.10 bits per heavy atom. The number of aliphatic carboxylic acids is 1. The van der Waals surface area contributed by atoms with E-state index in [2.05, 4.69) is 24.1 Å². The summed E-state index contributed by atoms with van der Waals surface area (Å²) in [6.07, 6.45) is 0.833. The summed E-state index contributed by atoms with van der Waals surface area (Å²) in [5, 5.41) is 20.0. The van der Waals surface area contributed by atoms with E-state index in [1.807, 2.05) is 6.92 Å². The molecule has 0 saturated heterocycles. The Morgan fingerprint density at radius 3 is 2.10 bits per heavy atom. The fourth-order valence-corrected chi connectivity index (χ4v) is 1.85. The van der Waals surface area contributed by atoms with Crippen molar-refractivity contribution >= 4 is 12.0 Å². The van der Waals surface area contributed by atoms with Crippen LogP contribution in [0.4, 0.5) is 4.79 Å². The van der Waals surface area contributed by atoms with Crippen LogP contribution in [-0.4, -0.2) is 77.4 Å². The molecule has 20 heavy (non-hydrogen) atoms. The third-order valence-corrected chi connectivity index (χ3v) is 3.24. The van der Waals surface area contributed by atoms with Crippen molar-refractivity contribution in [3.63, 3.8) is 0 Å². The first-order valence-corrected chi connectivity index (χ1v) is 7.11. The van der Waals surface area contributed by atoms with Gasteiger partial charge in [-0.2, -0.15) is 0 Å².